The minimum Gasteiger partial charge on any atom is -0.480 e. The van der Waals surface area contributed by atoms with E-state index in [1.165, 1.54) is 17.0 Å². The van der Waals surface area contributed by atoms with Crippen LogP contribution in [0.5, 0.6) is 0 Å². The van der Waals surface area contributed by atoms with E-state index in [1.807, 2.05) is 0 Å². The fourth-order valence-corrected chi connectivity index (χ4v) is 3.73. The van der Waals surface area contributed by atoms with Crippen LogP contribution in [0.3, 0.4) is 0 Å². The van der Waals surface area contributed by atoms with Crippen molar-refractivity contribution in [2.45, 2.75) is 25.2 Å². The van der Waals surface area contributed by atoms with Crippen LogP contribution < -0.4 is 5.32 Å². The molecule has 2 fully saturated rings. The highest BCUT2D eigenvalue weighted by atomic mass is 19.1. The van der Waals surface area contributed by atoms with E-state index in [1.54, 1.807) is 12.1 Å². The Kier molecular flexibility index (Phi) is 5.53. The first-order valence-electron chi connectivity index (χ1n) is 8.91. The van der Waals surface area contributed by atoms with Gasteiger partial charge in [-0.05, 0) is 42.4 Å². The van der Waals surface area contributed by atoms with Gasteiger partial charge in [0.25, 0.3) is 0 Å². The van der Waals surface area contributed by atoms with Gasteiger partial charge in [-0.2, -0.15) is 0 Å². The van der Waals surface area contributed by atoms with Gasteiger partial charge in [0.1, 0.15) is 12.4 Å². The Morgan fingerprint density at radius 1 is 1.19 bits per heavy atom. The second-order valence-corrected chi connectivity index (χ2v) is 7.13. The van der Waals surface area contributed by atoms with Gasteiger partial charge < -0.3 is 15.3 Å². The number of likely N-dealkylation sites (tertiary alicyclic amines) is 1. The number of carboxylic acids is 1. The molecule has 1 aliphatic carbocycles. The first-order valence-corrected chi connectivity index (χ1v) is 8.91. The topological polar surface area (TPSA) is 104 Å². The number of carboxylic acid groups (broad SMARTS) is 1. The molecule has 2 N–H and O–H groups in total. The molecular weight excluding hydrogens is 355 g/mol. The third kappa shape index (κ3) is 4.32. The number of carbonyl (C=O) groups excluding carboxylic acids is 3. The summed E-state index contributed by atoms with van der Waals surface area (Å²) < 4.78 is 13.0. The number of hydrogen-bond acceptors (Lipinski definition) is 4. The summed E-state index contributed by atoms with van der Waals surface area (Å²) in [5.41, 5.74) is 1.07. The minimum atomic E-state index is -1.45. The van der Waals surface area contributed by atoms with E-state index in [4.69, 9.17) is 5.11 Å². The zero-order valence-corrected chi connectivity index (χ0v) is 14.7. The molecule has 3 rings (SSSR count). The van der Waals surface area contributed by atoms with Crippen molar-refractivity contribution in [3.8, 4) is 0 Å². The first kappa shape index (κ1) is 19.0. The van der Waals surface area contributed by atoms with Gasteiger partial charge in [-0.25, -0.2) is 4.39 Å². The Labute approximate surface area is 155 Å². The van der Waals surface area contributed by atoms with E-state index in [0.29, 0.717) is 12.5 Å². The molecule has 0 bridgehead atoms. The van der Waals surface area contributed by atoms with Gasteiger partial charge in [-0.3, -0.25) is 19.2 Å². The molecule has 1 aliphatic heterocycles. The molecule has 0 radical (unpaired) electrons. The summed E-state index contributed by atoms with van der Waals surface area (Å²) in [5.74, 6) is -4.26. The van der Waals surface area contributed by atoms with Crippen LogP contribution in [-0.2, 0) is 19.2 Å². The van der Waals surface area contributed by atoms with Gasteiger partial charge in [0, 0.05) is 19.5 Å². The number of nitrogens with zero attached hydrogens (tertiary/aromatic N) is 1. The molecule has 0 aromatic heterocycles. The zero-order chi connectivity index (χ0) is 19.6. The van der Waals surface area contributed by atoms with Crippen LogP contribution >= 0.6 is 0 Å². The second-order valence-electron chi connectivity index (χ2n) is 7.13. The Morgan fingerprint density at radius 3 is 2.48 bits per heavy atom. The Balaban J connectivity index is 1.54. The lowest BCUT2D eigenvalue weighted by atomic mass is 9.71. The van der Waals surface area contributed by atoms with E-state index in [0.717, 1.165) is 18.4 Å². The number of piperidine rings is 1. The smallest absolute Gasteiger partial charge is 0.322 e. The van der Waals surface area contributed by atoms with Gasteiger partial charge in [-0.1, -0.05) is 12.1 Å². The van der Waals surface area contributed by atoms with Gasteiger partial charge in [-0.15, -0.1) is 0 Å². The third-order valence-corrected chi connectivity index (χ3v) is 5.24. The predicted octanol–water partition coefficient (Wildman–Crippen LogP) is 0.938. The number of aliphatic carboxylic acids is 1. The lowest BCUT2D eigenvalue weighted by Crippen LogP contribution is -2.54. The number of hydrogen-bond donors (Lipinski definition) is 2. The monoisotopic (exact) mass is 376 g/mol. The van der Waals surface area contributed by atoms with Crippen LogP contribution in [0.1, 0.15) is 30.7 Å². The van der Waals surface area contributed by atoms with E-state index in [-0.39, 0.29) is 24.7 Å². The Morgan fingerprint density at radius 2 is 1.85 bits per heavy atom. The van der Waals surface area contributed by atoms with E-state index >= 15 is 0 Å². The molecule has 0 spiro atoms. The highest BCUT2D eigenvalue weighted by Crippen LogP contribution is 2.42. The number of rotatable bonds is 6. The summed E-state index contributed by atoms with van der Waals surface area (Å²) in [7, 11) is 0. The normalized spacial score (nSPS) is 25.1. The molecule has 1 heterocycles. The minimum absolute atomic E-state index is 0.0883. The summed E-state index contributed by atoms with van der Waals surface area (Å²) >= 11 is 0. The standard InChI is InChI=1S/C19H21FN2O5/c20-14-3-1-12(2-4-14)13-7-11(8-13)10-22-6-5-15(23)17(19(22)27)18(26)21-9-16(24)25/h1-4,11,13,17H,5-10H2,(H,21,26)(H,24,25). The highest BCUT2D eigenvalue weighted by Gasteiger charge is 2.42. The number of carbonyl (C=O) groups is 4. The van der Waals surface area contributed by atoms with Crippen LogP contribution in [0.25, 0.3) is 0 Å². The Hall–Kier alpha value is -2.77. The molecule has 1 atom stereocenters. The van der Waals surface area contributed by atoms with Crippen LogP contribution in [0, 0.1) is 17.7 Å². The van der Waals surface area contributed by atoms with Gasteiger partial charge >= 0.3 is 5.97 Å². The van der Waals surface area contributed by atoms with Crippen LogP contribution in [-0.4, -0.2) is 53.2 Å². The quantitative estimate of drug-likeness (QED) is 0.719. The molecule has 7 nitrogen and oxygen atoms in total. The van der Waals surface area contributed by atoms with Crippen molar-refractivity contribution in [2.75, 3.05) is 19.6 Å². The summed E-state index contributed by atoms with van der Waals surface area (Å²) in [5, 5.41) is 10.7. The van der Waals surface area contributed by atoms with Crippen molar-refractivity contribution in [2.24, 2.45) is 11.8 Å². The van der Waals surface area contributed by atoms with E-state index in [2.05, 4.69) is 5.32 Å². The number of amides is 2. The van der Waals surface area contributed by atoms with Crippen LogP contribution in [0.15, 0.2) is 24.3 Å². The molecule has 1 aromatic carbocycles. The van der Waals surface area contributed by atoms with Crippen molar-refractivity contribution in [3.63, 3.8) is 0 Å². The number of Topliss-reactive ketones (excluding diaryl/α,β-unsaturated/α-hetero) is 1. The van der Waals surface area contributed by atoms with E-state index < -0.39 is 36.0 Å². The maximum Gasteiger partial charge on any atom is 0.322 e. The van der Waals surface area contributed by atoms with Crippen molar-refractivity contribution < 1.29 is 28.7 Å². The first-order chi connectivity index (χ1) is 12.8. The van der Waals surface area contributed by atoms with Crippen molar-refractivity contribution in [3.05, 3.63) is 35.6 Å². The molecular formula is C19H21FN2O5. The number of benzene rings is 1. The van der Waals surface area contributed by atoms with Crippen LogP contribution in [0.2, 0.25) is 0 Å². The maximum absolute atomic E-state index is 13.0. The highest BCUT2D eigenvalue weighted by molar-refractivity contribution is 6.19. The van der Waals surface area contributed by atoms with Crippen LogP contribution in [0.4, 0.5) is 4.39 Å². The van der Waals surface area contributed by atoms with Crippen molar-refractivity contribution >= 4 is 23.6 Å². The fraction of sp³-hybridized carbons (Fsp3) is 0.474. The second kappa shape index (κ2) is 7.85. The molecule has 144 valence electrons. The molecule has 1 saturated carbocycles. The van der Waals surface area contributed by atoms with Gasteiger partial charge in [0.15, 0.2) is 11.7 Å². The summed E-state index contributed by atoms with van der Waals surface area (Å²) in [4.78, 5) is 48.6. The number of halogens is 1. The average molecular weight is 376 g/mol. The molecule has 1 aromatic rings. The average Bonchev–Trinajstić information content (AvgIpc) is 2.59. The lowest BCUT2D eigenvalue weighted by molar-refractivity contribution is -0.153. The molecule has 1 saturated heterocycles. The largest absolute Gasteiger partial charge is 0.480 e. The fourth-order valence-electron chi connectivity index (χ4n) is 3.73. The zero-order valence-electron chi connectivity index (χ0n) is 14.7. The molecule has 27 heavy (non-hydrogen) atoms. The molecule has 2 amide bonds. The Bertz CT molecular complexity index is 758. The number of nitrogens with one attached hydrogen (secondary N) is 1. The lowest BCUT2D eigenvalue weighted by Gasteiger charge is -2.40. The van der Waals surface area contributed by atoms with Crippen molar-refractivity contribution in [1.29, 1.82) is 0 Å². The SMILES string of the molecule is O=C(O)CNC(=O)C1C(=O)CCN(CC2CC(c3ccc(F)cc3)C2)C1=O. The van der Waals surface area contributed by atoms with Gasteiger partial charge in [0.2, 0.25) is 11.8 Å². The third-order valence-electron chi connectivity index (χ3n) is 5.24. The molecule has 2 aliphatic rings. The summed E-state index contributed by atoms with van der Waals surface area (Å²) in [6, 6.07) is 6.40. The number of ketones is 1. The van der Waals surface area contributed by atoms with E-state index in [9.17, 15) is 23.6 Å². The summed E-state index contributed by atoms with van der Waals surface area (Å²) in [6.45, 7) is 0.114. The molecule has 8 heteroatoms. The van der Waals surface area contributed by atoms with Gasteiger partial charge in [0.05, 0.1) is 0 Å². The maximum atomic E-state index is 13.0. The summed E-state index contributed by atoms with van der Waals surface area (Å²) in [6.07, 6.45) is 1.81. The molecule has 1 unspecified atom stereocenters. The van der Waals surface area contributed by atoms with Crippen molar-refractivity contribution in [1.82, 2.24) is 10.2 Å². The predicted molar refractivity (Wildman–Crippen MR) is 92.2 cm³/mol.